The average Bonchev–Trinajstić information content (AvgIpc) is 2.71. The van der Waals surface area contributed by atoms with Crippen LogP contribution in [0.1, 0.15) is 11.1 Å². The number of hydrogen-bond acceptors (Lipinski definition) is 6. The number of rotatable bonds is 10. The molecule has 0 radical (unpaired) electrons. The van der Waals surface area contributed by atoms with E-state index in [-0.39, 0.29) is 36.2 Å². The van der Waals surface area contributed by atoms with Gasteiger partial charge in [0.1, 0.15) is 10.6 Å². The van der Waals surface area contributed by atoms with E-state index in [1.807, 2.05) is 13.8 Å². The number of ether oxygens (including phenoxy) is 3. The maximum atomic E-state index is 12.6. The van der Waals surface area contributed by atoms with E-state index in [0.717, 1.165) is 11.1 Å². The number of carbonyl (C=O) groups excluding carboxylic acids is 1. The van der Waals surface area contributed by atoms with Crippen LogP contribution < -0.4 is 24.2 Å². The Morgan fingerprint density at radius 3 is 2.21 bits per heavy atom. The number of nitrogens with one attached hydrogen (secondary N) is 2. The van der Waals surface area contributed by atoms with Crippen LogP contribution in [0, 0.1) is 13.8 Å². The molecule has 0 fully saturated rings. The van der Waals surface area contributed by atoms with Crippen LogP contribution in [0.3, 0.4) is 0 Å². The smallest absolute Gasteiger partial charge is 0.257 e. The Hall–Kier alpha value is -2.78. The molecule has 9 heteroatoms. The summed E-state index contributed by atoms with van der Waals surface area (Å²) < 4.78 is 43.3. The molecule has 158 valence electrons. The lowest BCUT2D eigenvalue weighted by molar-refractivity contribution is -0.123. The van der Waals surface area contributed by atoms with Crippen molar-refractivity contribution in [1.82, 2.24) is 10.0 Å². The second-order valence-corrected chi connectivity index (χ2v) is 8.01. The topological polar surface area (TPSA) is 103 Å². The van der Waals surface area contributed by atoms with Crippen molar-refractivity contribution in [3.05, 3.63) is 47.5 Å². The molecule has 0 spiro atoms. The monoisotopic (exact) mass is 422 g/mol. The fourth-order valence-electron chi connectivity index (χ4n) is 2.53. The van der Waals surface area contributed by atoms with Gasteiger partial charge in [0.05, 0.1) is 14.2 Å². The maximum absolute atomic E-state index is 12.6. The van der Waals surface area contributed by atoms with Gasteiger partial charge in [0, 0.05) is 13.1 Å². The number of aryl methyl sites for hydroxylation is 2. The lowest BCUT2D eigenvalue weighted by Gasteiger charge is -2.13. The van der Waals surface area contributed by atoms with Gasteiger partial charge in [0.2, 0.25) is 10.0 Å². The van der Waals surface area contributed by atoms with Crippen molar-refractivity contribution >= 4 is 15.9 Å². The summed E-state index contributed by atoms with van der Waals surface area (Å²) in [5.41, 5.74) is 1.77. The van der Waals surface area contributed by atoms with E-state index >= 15 is 0 Å². The van der Waals surface area contributed by atoms with Crippen LogP contribution in [-0.2, 0) is 14.8 Å². The molecule has 2 N–H and O–H groups in total. The van der Waals surface area contributed by atoms with E-state index in [4.69, 9.17) is 14.2 Å². The zero-order chi connectivity index (χ0) is 21.4. The van der Waals surface area contributed by atoms with E-state index in [1.165, 1.54) is 14.2 Å². The highest BCUT2D eigenvalue weighted by molar-refractivity contribution is 7.89. The molecule has 0 aliphatic rings. The predicted molar refractivity (Wildman–Crippen MR) is 109 cm³/mol. The molecule has 0 aliphatic heterocycles. The van der Waals surface area contributed by atoms with Gasteiger partial charge in [0.25, 0.3) is 5.91 Å². The standard InChI is InChI=1S/C20H26N2O6S/c1-14-11-18(27-4)19(12-15(14)2)29(24,25)22-10-9-21-20(23)13-28-17-8-6-5-7-16(17)26-3/h5-8,11-12,22H,9-10,13H2,1-4H3,(H,21,23). The first-order chi connectivity index (χ1) is 13.8. The molecular formula is C20H26N2O6S. The molecular weight excluding hydrogens is 396 g/mol. The Morgan fingerprint density at radius 2 is 1.55 bits per heavy atom. The molecule has 29 heavy (non-hydrogen) atoms. The Bertz CT molecular complexity index is 959. The van der Waals surface area contributed by atoms with Gasteiger partial charge in [-0.05, 0) is 49.2 Å². The quantitative estimate of drug-likeness (QED) is 0.566. The molecule has 0 bridgehead atoms. The van der Waals surface area contributed by atoms with Crippen LogP contribution >= 0.6 is 0 Å². The molecule has 0 aromatic heterocycles. The molecule has 0 aliphatic carbocycles. The summed E-state index contributed by atoms with van der Waals surface area (Å²) in [6.45, 7) is 3.64. The van der Waals surface area contributed by atoms with Gasteiger partial charge in [-0.2, -0.15) is 0 Å². The van der Waals surface area contributed by atoms with Gasteiger partial charge in [-0.1, -0.05) is 12.1 Å². The minimum Gasteiger partial charge on any atom is -0.495 e. The Kier molecular flexibility index (Phi) is 7.86. The molecule has 0 atom stereocenters. The van der Waals surface area contributed by atoms with Crippen molar-refractivity contribution in [2.24, 2.45) is 0 Å². The fourth-order valence-corrected chi connectivity index (χ4v) is 3.80. The van der Waals surface area contributed by atoms with Crippen LogP contribution in [0.15, 0.2) is 41.3 Å². The van der Waals surface area contributed by atoms with Crippen molar-refractivity contribution in [3.8, 4) is 17.2 Å². The first-order valence-electron chi connectivity index (χ1n) is 8.96. The number of hydrogen-bond donors (Lipinski definition) is 2. The SMILES string of the molecule is COc1ccccc1OCC(=O)NCCNS(=O)(=O)c1cc(C)c(C)cc1OC. The lowest BCUT2D eigenvalue weighted by Crippen LogP contribution is -2.36. The molecule has 2 aromatic rings. The maximum Gasteiger partial charge on any atom is 0.257 e. The number of amides is 1. The largest absolute Gasteiger partial charge is 0.495 e. The van der Waals surface area contributed by atoms with Gasteiger partial charge < -0.3 is 19.5 Å². The molecule has 0 saturated heterocycles. The first-order valence-corrected chi connectivity index (χ1v) is 10.4. The fraction of sp³-hybridized carbons (Fsp3) is 0.350. The summed E-state index contributed by atoms with van der Waals surface area (Å²) in [5.74, 6) is 0.872. The van der Waals surface area contributed by atoms with Crippen LogP contribution in [0.2, 0.25) is 0 Å². The summed E-state index contributed by atoms with van der Waals surface area (Å²) in [7, 11) is -0.844. The highest BCUT2D eigenvalue weighted by Gasteiger charge is 2.20. The van der Waals surface area contributed by atoms with Crippen molar-refractivity contribution < 1.29 is 27.4 Å². The third-order valence-corrected chi connectivity index (χ3v) is 5.72. The van der Waals surface area contributed by atoms with E-state index in [9.17, 15) is 13.2 Å². The van der Waals surface area contributed by atoms with E-state index in [1.54, 1.807) is 36.4 Å². The molecule has 2 aromatic carbocycles. The van der Waals surface area contributed by atoms with Gasteiger partial charge in [-0.15, -0.1) is 0 Å². The van der Waals surface area contributed by atoms with Gasteiger partial charge in [0.15, 0.2) is 18.1 Å². The van der Waals surface area contributed by atoms with Crippen LogP contribution in [0.5, 0.6) is 17.2 Å². The molecule has 8 nitrogen and oxygen atoms in total. The number of carbonyl (C=O) groups is 1. The van der Waals surface area contributed by atoms with Crippen LogP contribution in [0.4, 0.5) is 0 Å². The average molecular weight is 423 g/mol. The third kappa shape index (κ3) is 6.10. The van der Waals surface area contributed by atoms with E-state index < -0.39 is 10.0 Å². The number of benzene rings is 2. The lowest BCUT2D eigenvalue weighted by atomic mass is 10.1. The molecule has 0 heterocycles. The molecule has 0 saturated carbocycles. The summed E-state index contributed by atoms with van der Waals surface area (Å²) in [6, 6.07) is 10.2. The zero-order valence-corrected chi connectivity index (χ0v) is 17.8. The highest BCUT2D eigenvalue weighted by Crippen LogP contribution is 2.27. The summed E-state index contributed by atoms with van der Waals surface area (Å²) >= 11 is 0. The number of methoxy groups -OCH3 is 2. The van der Waals surface area contributed by atoms with Crippen LogP contribution in [0.25, 0.3) is 0 Å². The summed E-state index contributed by atoms with van der Waals surface area (Å²) in [4.78, 5) is 12.0. The summed E-state index contributed by atoms with van der Waals surface area (Å²) in [6.07, 6.45) is 0. The normalized spacial score (nSPS) is 11.0. The number of para-hydroxylation sites is 2. The minimum absolute atomic E-state index is 0.0266. The molecule has 1 amide bonds. The van der Waals surface area contributed by atoms with E-state index in [0.29, 0.717) is 11.5 Å². The minimum atomic E-state index is -3.78. The van der Waals surface area contributed by atoms with Crippen molar-refractivity contribution in [1.29, 1.82) is 0 Å². The zero-order valence-electron chi connectivity index (χ0n) is 16.9. The van der Waals surface area contributed by atoms with Crippen LogP contribution in [-0.4, -0.2) is 48.2 Å². The second kappa shape index (κ2) is 10.1. The molecule has 2 rings (SSSR count). The van der Waals surface area contributed by atoms with Gasteiger partial charge >= 0.3 is 0 Å². The Morgan fingerprint density at radius 1 is 0.931 bits per heavy atom. The summed E-state index contributed by atoms with van der Waals surface area (Å²) in [5, 5.41) is 2.60. The Labute approximate surface area is 171 Å². The predicted octanol–water partition coefficient (Wildman–Crippen LogP) is 1.79. The van der Waals surface area contributed by atoms with Crippen molar-refractivity contribution in [3.63, 3.8) is 0 Å². The highest BCUT2D eigenvalue weighted by atomic mass is 32.2. The van der Waals surface area contributed by atoms with Crippen molar-refractivity contribution in [2.45, 2.75) is 18.7 Å². The van der Waals surface area contributed by atoms with Gasteiger partial charge in [-0.3, -0.25) is 4.79 Å². The van der Waals surface area contributed by atoms with Gasteiger partial charge in [-0.25, -0.2) is 13.1 Å². The Balaban J connectivity index is 1.85. The van der Waals surface area contributed by atoms with Crippen molar-refractivity contribution in [2.75, 3.05) is 33.9 Å². The molecule has 0 unspecified atom stereocenters. The van der Waals surface area contributed by atoms with E-state index in [2.05, 4.69) is 10.0 Å². The first kappa shape index (κ1) is 22.5. The second-order valence-electron chi connectivity index (χ2n) is 6.27. The third-order valence-electron chi connectivity index (χ3n) is 4.24. The number of sulfonamides is 1.